The van der Waals surface area contributed by atoms with Gasteiger partial charge in [-0.3, -0.25) is 38.4 Å². The molecule has 0 bridgehead atoms. The molecule has 0 aliphatic rings. The van der Waals surface area contributed by atoms with Crippen LogP contribution in [0.1, 0.15) is 137 Å². The molecule has 14 rings (SSSR count). The smallest absolute Gasteiger partial charge is 0.512 e. The van der Waals surface area contributed by atoms with Crippen LogP contribution in [-0.2, 0) is 85.0 Å². The number of Topliss-reactive ketones (excluding diaryl/α,β-unsaturated/α-hetero) is 2. The molecule has 0 atom stereocenters. The van der Waals surface area contributed by atoms with Crippen molar-refractivity contribution in [3.8, 4) is 50.7 Å². The molecule has 0 saturated heterocycles. The van der Waals surface area contributed by atoms with E-state index >= 15 is 0 Å². The van der Waals surface area contributed by atoms with Gasteiger partial charge in [-0.05, 0) is 198 Å². The summed E-state index contributed by atoms with van der Waals surface area (Å²) in [5, 5.41) is 50.0. The van der Waals surface area contributed by atoms with Gasteiger partial charge in [0.05, 0.1) is 43.6 Å². The molecule has 11 aromatic heterocycles. The fraction of sp³-hybridized carbons (Fsp3) is 0.255. The first-order valence-corrected chi connectivity index (χ1v) is 57.7. The monoisotopic (exact) mass is 2260 g/mol. The Hall–Kier alpha value is -10.4. The summed E-state index contributed by atoms with van der Waals surface area (Å²) in [6, 6.07) is 47.2. The van der Waals surface area contributed by atoms with E-state index in [1.165, 1.54) is 94.4 Å². The van der Waals surface area contributed by atoms with Crippen LogP contribution in [0.3, 0.4) is 0 Å². The number of unbranched alkanes of at least 4 members (excludes halogenated alkanes) is 3. The SMILES string of the molecule is CCC[CH2][Sn]([CH2]CCC)([CH2]CCC)[c]1ccnnc1.Cc1cc(CC#N)cnc1Cl.Cc1cc(CC(=O)Cc2ccc(-c3cccc(F)c3)cn2)cnc1-c1ccnnc1.Cc1cc(CC(=O)Cc2ccc(-c3cccc(F)c3)cn2)cnc1Cl.Cc1cc(CC(=O)O)cnc1Cl.Cc1cc(CCl)cnc1Cl.Cc1cc(CO)cnc1Cl.Nc1ccc(-c2cccc(F)c2)cn1.O=S(=O)(O)O.O=S(Cl)Cl.[C-]#N.[Na+]. The minimum Gasteiger partial charge on any atom is -0.512 e. The number of benzene rings is 3. The van der Waals surface area contributed by atoms with Crippen molar-refractivity contribution in [2.24, 2.45) is 0 Å². The van der Waals surface area contributed by atoms with Crippen molar-refractivity contribution in [3.05, 3.63) is 366 Å². The predicted molar refractivity (Wildman–Crippen MR) is 560 cm³/mol. The zero-order chi connectivity index (χ0) is 105. The van der Waals surface area contributed by atoms with Crippen LogP contribution in [0, 0.1) is 82.2 Å². The molecule has 0 fully saturated rings. The standard InChI is InChI=1S/C24H19FN4O.C20H16ClFN2O.C11H9FN2.C8H7ClN2.C8H8ClNO2.C7H7Cl2N.C7H8ClNO.C4H3N2.3C4H9.CN.Cl2OS.Na.H2O4S.Sn/c1-16-9-17(13-27-24(16)20-7-8-28-29-15-20)10-23(30)12-22-6-5-19(14-26-22)18-3-2-4-21(25)11-18;1-13-7-14(11-24-20(13)21)8-19(25)10-18-6-5-16(12-23-18)15-3-2-4-17(22)9-15;12-10-3-1-2-8(6-10)9-4-5-11(13)14-7-9;1-6-4-7(2-3-10)5-11-8(6)9;1-5-2-6(3-7(11)12)4-10-8(5)9;1-5-2-6(3-8)4-10-7(5)9;1-5-2-6(4-10)3-9-7(5)8;1-2-4-6-5-3-1;3*1-3-4-2;1-2;1-4(2)3;;1-5(2,3)4;/h2-9,11,13-15H,10,12H2,1H3;2-7,9,11-12H,8,10H2,1H3;1-7H,(H2,13,14);4-5H,2H2,1H3;2,4H,3H2,1H3,(H,11,12);2,4H,3H2,1H3;2-3,10H,4H2,1H3;1,3-4H;3*1,3-4H2,2H3;;;;(H2,1,2,3,4);/q;;;;;;;;;;;-1;;+1;;. The van der Waals surface area contributed by atoms with Crippen molar-refractivity contribution < 1.29 is 89.1 Å². The van der Waals surface area contributed by atoms with E-state index in [9.17, 15) is 27.6 Å². The van der Waals surface area contributed by atoms with Crippen molar-refractivity contribution in [3.63, 3.8) is 0 Å². The number of aliphatic carboxylic acids is 1. The third-order valence-corrected chi connectivity index (χ3v) is 37.9. The molecule has 11 heterocycles. The molecular weight excluding hydrogens is 2160 g/mol. The van der Waals surface area contributed by atoms with Crippen molar-refractivity contribution in [2.75, 3.05) is 5.73 Å². The summed E-state index contributed by atoms with van der Waals surface area (Å²) >= 11 is 31.9. The number of carboxylic acid groups (broad SMARTS) is 1. The molecule has 143 heavy (non-hydrogen) atoms. The quantitative estimate of drug-likeness (QED) is 0.00797. The molecule has 41 heteroatoms. The number of aliphatic hydroxyl groups is 1. The summed E-state index contributed by atoms with van der Waals surface area (Å²) in [6.45, 7) is 23.0. The molecule has 0 aliphatic carbocycles. The normalized spacial score (nSPS) is 10.2. The van der Waals surface area contributed by atoms with Crippen LogP contribution in [0.4, 0.5) is 19.0 Å². The zero-order valence-corrected chi connectivity index (χ0v) is 92.6. The number of carbonyl (C=O) groups is 3. The number of nitrogens with two attached hydrogens (primary N) is 1. The number of hydrogen-bond acceptors (Lipinski definition) is 23. The van der Waals surface area contributed by atoms with Crippen LogP contribution in [0.2, 0.25) is 39.1 Å². The number of nitrogens with zero attached hydrogens (tertiary/aromatic N) is 15. The number of halogens is 11. The Bertz CT molecular complexity index is 6420. The Labute approximate surface area is 900 Å². The van der Waals surface area contributed by atoms with Gasteiger partial charge in [0.25, 0.3) is 0 Å². The van der Waals surface area contributed by atoms with Crippen LogP contribution >= 0.6 is 91.0 Å². The average Bonchev–Trinajstić information content (AvgIpc) is 0.823. The van der Waals surface area contributed by atoms with Gasteiger partial charge in [-0.15, -0.1) is 11.6 Å². The molecule has 26 nitrogen and oxygen atoms in total. The number of aliphatic hydroxyl groups excluding tert-OH is 1. The summed E-state index contributed by atoms with van der Waals surface area (Å²) in [5.74, 6) is -0.631. The van der Waals surface area contributed by atoms with Crippen LogP contribution in [0.15, 0.2) is 238 Å². The van der Waals surface area contributed by atoms with Gasteiger partial charge in [0.1, 0.15) is 60.6 Å². The first-order chi connectivity index (χ1) is 67.7. The molecule has 14 aromatic rings. The Morgan fingerprint density at radius 1 is 0.434 bits per heavy atom. The van der Waals surface area contributed by atoms with Gasteiger partial charge in [-0.25, -0.2) is 47.3 Å². The van der Waals surface area contributed by atoms with E-state index in [-0.39, 0.29) is 90.9 Å². The Kier molecular flexibility index (Phi) is 61.7. The summed E-state index contributed by atoms with van der Waals surface area (Å²) in [7, 11) is 2.69. The number of hydrogen-bond donors (Lipinski definition) is 5. The largest absolute Gasteiger partial charge is 1.00 e. The second kappa shape index (κ2) is 69.6. The van der Waals surface area contributed by atoms with Gasteiger partial charge in [-0.1, -0.05) is 137 Å². The number of rotatable bonds is 27. The summed E-state index contributed by atoms with van der Waals surface area (Å²) < 4.78 is 86.4. The number of anilines is 1. The van der Waals surface area contributed by atoms with Crippen molar-refractivity contribution >= 4 is 156 Å². The van der Waals surface area contributed by atoms with E-state index in [0.29, 0.717) is 67.3 Å². The van der Waals surface area contributed by atoms with Gasteiger partial charge >= 0.3 is 169 Å². The minimum absolute atomic E-state index is 0. The summed E-state index contributed by atoms with van der Waals surface area (Å²) in [4.78, 5) is 71.8. The first-order valence-electron chi connectivity index (χ1n) is 43.6. The number of aromatic nitrogens is 13. The molecule has 0 spiro atoms. The molecule has 6 N–H and O–H groups in total. The van der Waals surface area contributed by atoms with Crippen molar-refractivity contribution in [2.45, 2.75) is 165 Å². The maximum Gasteiger partial charge on any atom is 1.00 e. The number of nitrogen functional groups attached to an aromatic ring is 1. The van der Waals surface area contributed by atoms with E-state index in [1.54, 1.807) is 115 Å². The Balaban J connectivity index is 0.000000425. The van der Waals surface area contributed by atoms with Gasteiger partial charge in [0, 0.05) is 142 Å². The van der Waals surface area contributed by atoms with E-state index in [1.807, 2.05) is 120 Å². The third-order valence-electron chi connectivity index (χ3n) is 20.0. The minimum atomic E-state index is -4.67. The van der Waals surface area contributed by atoms with Gasteiger partial charge in [0.2, 0.25) is 9.23 Å². The van der Waals surface area contributed by atoms with Crippen molar-refractivity contribution in [1.82, 2.24) is 65.3 Å². The van der Waals surface area contributed by atoms with Crippen LogP contribution in [0.5, 0.6) is 0 Å². The predicted octanol–water partition coefficient (Wildman–Crippen LogP) is 21.6. The number of pyridine rings is 9. The van der Waals surface area contributed by atoms with Crippen LogP contribution in [0.25, 0.3) is 44.6 Å². The fourth-order valence-corrected chi connectivity index (χ4v) is 29.4. The first kappa shape index (κ1) is 127. The molecule has 0 aliphatic heterocycles. The maximum atomic E-state index is 13.4. The van der Waals surface area contributed by atoms with Crippen LogP contribution in [-0.4, -0.2) is 133 Å². The van der Waals surface area contributed by atoms with E-state index in [0.717, 1.165) is 106 Å². The van der Waals surface area contributed by atoms with Crippen LogP contribution < -0.4 is 38.9 Å². The number of aryl methyl sites for hydroxylation is 6. The zero-order valence-electron chi connectivity index (χ0n) is 80.0. The molecule has 0 saturated carbocycles. The second-order valence-corrected chi connectivity index (χ2v) is 50.0. The van der Waals surface area contributed by atoms with Gasteiger partial charge in [0.15, 0.2) is 0 Å². The van der Waals surface area contributed by atoms with E-state index in [4.69, 9.17) is 124 Å². The number of ketones is 2. The third kappa shape index (κ3) is 51.3. The number of carbonyl (C=O) groups excluding carboxylic acids is 2. The van der Waals surface area contributed by atoms with E-state index in [2.05, 4.69) is 120 Å². The second-order valence-electron chi connectivity index (χ2n) is 31.3. The Morgan fingerprint density at radius 3 is 1.10 bits per heavy atom. The molecule has 0 unspecified atom stereocenters. The number of alkyl halides is 1. The number of carboxylic acids is 1. The molecular formula is C102H106Cl8F3N16NaO10S2Sn. The summed E-state index contributed by atoms with van der Waals surface area (Å²) in [6.07, 6.45) is 31.6. The Morgan fingerprint density at radius 2 is 0.776 bits per heavy atom. The average molecular weight is 2260 g/mol. The van der Waals surface area contributed by atoms with Gasteiger partial charge in [-0.2, -0.15) is 23.9 Å². The van der Waals surface area contributed by atoms with E-state index < -0.39 is 44.0 Å². The summed E-state index contributed by atoms with van der Waals surface area (Å²) in [5.41, 5.74) is 23.8. The molecule has 0 radical (unpaired) electrons. The molecule has 748 valence electrons. The number of nitriles is 1. The fourth-order valence-electron chi connectivity index (χ4n) is 13.2. The van der Waals surface area contributed by atoms with Gasteiger partial charge < -0.3 is 27.8 Å². The molecule has 3 aromatic carbocycles. The van der Waals surface area contributed by atoms with Crippen molar-refractivity contribution in [1.29, 1.82) is 10.5 Å². The molecule has 0 amide bonds. The topological polar surface area (TPSA) is 425 Å². The maximum absolute atomic E-state index is 13.4.